The van der Waals surface area contributed by atoms with Crippen LogP contribution < -0.4 is 4.74 Å². The minimum Gasteiger partial charge on any atom is -0.481 e. The largest absolute Gasteiger partial charge is 0.481 e. The molecule has 0 fully saturated rings. The first-order valence-electron chi connectivity index (χ1n) is 5.68. The van der Waals surface area contributed by atoms with Crippen molar-refractivity contribution in [3.8, 4) is 11.6 Å². The number of carbonyl (C=O) groups is 1. The fourth-order valence-electron chi connectivity index (χ4n) is 2.11. The summed E-state index contributed by atoms with van der Waals surface area (Å²) in [6.45, 7) is 0. The van der Waals surface area contributed by atoms with Crippen LogP contribution in [0.3, 0.4) is 0 Å². The molecule has 0 unspecified atom stereocenters. The molecule has 1 aliphatic rings. The molecule has 98 valence electrons. The topological polar surface area (TPSA) is 59.4 Å². The molecule has 0 spiro atoms. The number of nitrogens with zero attached hydrogens (tertiary/aromatic N) is 1. The van der Waals surface area contributed by atoms with Gasteiger partial charge in [0.1, 0.15) is 5.75 Å². The fraction of sp³-hybridized carbons (Fsp3) is 0.200. The molecule has 3 rings (SSSR count). The summed E-state index contributed by atoms with van der Waals surface area (Å²) in [7, 11) is 0. The van der Waals surface area contributed by atoms with Crippen LogP contribution in [0.4, 0.5) is 0 Å². The second-order valence-electron chi connectivity index (χ2n) is 4.26. The van der Waals surface area contributed by atoms with Crippen molar-refractivity contribution in [3.05, 3.63) is 53.2 Å². The van der Waals surface area contributed by atoms with Crippen molar-refractivity contribution >= 4 is 5.97 Å². The average Bonchev–Trinajstić information content (AvgIpc) is 2.35. The van der Waals surface area contributed by atoms with Gasteiger partial charge in [0.05, 0.1) is 6.42 Å². The molecule has 4 nitrogen and oxygen atoms in total. The maximum Gasteiger partial charge on any atom is 0.307 e. The molecule has 2 heterocycles. The van der Waals surface area contributed by atoms with Crippen LogP contribution in [0.5, 0.6) is 11.6 Å². The van der Waals surface area contributed by atoms with E-state index in [1.165, 1.54) is 0 Å². The molecule has 0 bridgehead atoms. The fourth-order valence-corrected chi connectivity index (χ4v) is 2.11. The number of benzene rings is 1. The van der Waals surface area contributed by atoms with Crippen LogP contribution in [-0.4, -0.2) is 16.1 Å². The van der Waals surface area contributed by atoms with Crippen molar-refractivity contribution < 1.29 is 14.6 Å². The third kappa shape index (κ3) is 2.57. The van der Waals surface area contributed by atoms with Gasteiger partial charge in [0.15, 0.2) is 0 Å². The van der Waals surface area contributed by atoms with Crippen LogP contribution in [0, 0.1) is 0 Å². The summed E-state index contributed by atoms with van der Waals surface area (Å²) in [4.78, 5) is 14.9. The molecule has 19 heavy (non-hydrogen) atoms. The summed E-state index contributed by atoms with van der Waals surface area (Å²) < 4.78 is 5.68. The van der Waals surface area contributed by atoms with E-state index >= 15 is 0 Å². The molecule has 2 aromatic rings. The number of rotatable bonds is 2. The molecule has 0 radical (unpaired) electrons. The van der Waals surface area contributed by atoms with E-state index in [2.05, 4.69) is 4.98 Å². The van der Waals surface area contributed by atoms with Gasteiger partial charge < -0.3 is 9.84 Å². The quantitative estimate of drug-likeness (QED) is 0.766. The zero-order valence-electron chi connectivity index (χ0n) is 9.59. The van der Waals surface area contributed by atoms with E-state index in [1.807, 2.05) is 24.3 Å². The number of fused-ring (bicyclic) bond motifs is 2. The Bertz CT molecular complexity index is 623. The Morgan fingerprint density at radius 3 is 2.95 bits per heavy atom. The standard InChI is InChI=1S/C14H11NO3.CH4/c16-13(17)7-9-3-4-12-11(6-9)8-10-2-1-5-15-14(10)18-12;/h1-6H,7-8H2,(H,16,17);1H4. The van der Waals surface area contributed by atoms with Crippen LogP contribution in [0.1, 0.15) is 24.1 Å². The number of carboxylic acids is 1. The van der Waals surface area contributed by atoms with E-state index < -0.39 is 5.97 Å². The monoisotopic (exact) mass is 257 g/mol. The Morgan fingerprint density at radius 1 is 1.32 bits per heavy atom. The van der Waals surface area contributed by atoms with Crippen molar-refractivity contribution in [1.82, 2.24) is 4.98 Å². The van der Waals surface area contributed by atoms with E-state index in [0.717, 1.165) is 28.9 Å². The van der Waals surface area contributed by atoms with Gasteiger partial charge in [-0.2, -0.15) is 0 Å². The molecular weight excluding hydrogens is 242 g/mol. The van der Waals surface area contributed by atoms with Crippen molar-refractivity contribution in [2.45, 2.75) is 20.3 Å². The smallest absolute Gasteiger partial charge is 0.307 e. The third-order valence-corrected chi connectivity index (χ3v) is 2.92. The van der Waals surface area contributed by atoms with Crippen molar-refractivity contribution in [3.63, 3.8) is 0 Å². The van der Waals surface area contributed by atoms with Crippen molar-refractivity contribution in [2.75, 3.05) is 0 Å². The second kappa shape index (κ2) is 5.10. The summed E-state index contributed by atoms with van der Waals surface area (Å²) >= 11 is 0. The molecule has 0 saturated heterocycles. The maximum atomic E-state index is 10.7. The molecule has 0 aliphatic carbocycles. The van der Waals surface area contributed by atoms with Crippen LogP contribution in [0.25, 0.3) is 0 Å². The van der Waals surface area contributed by atoms with Gasteiger partial charge in [-0.25, -0.2) is 4.98 Å². The molecule has 1 aliphatic heterocycles. The first kappa shape index (κ1) is 13.1. The Hall–Kier alpha value is -2.36. The lowest BCUT2D eigenvalue weighted by Crippen LogP contribution is -2.06. The van der Waals surface area contributed by atoms with Crippen molar-refractivity contribution in [2.24, 2.45) is 0 Å². The zero-order valence-corrected chi connectivity index (χ0v) is 9.59. The van der Waals surface area contributed by atoms with E-state index in [-0.39, 0.29) is 13.8 Å². The summed E-state index contributed by atoms with van der Waals surface area (Å²) in [5.41, 5.74) is 2.82. The minimum atomic E-state index is -0.825. The highest BCUT2D eigenvalue weighted by Gasteiger charge is 2.18. The predicted octanol–water partition coefficient (Wildman–Crippen LogP) is 3.04. The zero-order chi connectivity index (χ0) is 12.5. The Morgan fingerprint density at radius 2 is 2.16 bits per heavy atom. The molecule has 0 amide bonds. The first-order valence-corrected chi connectivity index (χ1v) is 5.68. The lowest BCUT2D eigenvalue weighted by Gasteiger charge is -2.19. The SMILES string of the molecule is C.O=C(O)Cc1ccc2c(c1)Cc1cccnc1O2. The molecule has 0 atom stereocenters. The van der Waals surface area contributed by atoms with Crippen LogP contribution in [0.15, 0.2) is 36.5 Å². The van der Waals surface area contributed by atoms with Gasteiger partial charge in [0.25, 0.3) is 0 Å². The molecule has 4 heteroatoms. The average molecular weight is 257 g/mol. The normalized spacial score (nSPS) is 11.6. The number of ether oxygens (including phenoxy) is 1. The molecule has 1 aromatic carbocycles. The Balaban J connectivity index is 0.00000133. The molecule has 1 aromatic heterocycles. The van der Waals surface area contributed by atoms with Crippen molar-refractivity contribution in [1.29, 1.82) is 0 Å². The molecular formula is C15H15NO3. The van der Waals surface area contributed by atoms with Gasteiger partial charge in [-0.15, -0.1) is 0 Å². The minimum absolute atomic E-state index is 0. The number of pyridine rings is 1. The predicted molar refractivity (Wildman–Crippen MR) is 71.6 cm³/mol. The highest BCUT2D eigenvalue weighted by molar-refractivity contribution is 5.70. The highest BCUT2D eigenvalue weighted by Crippen LogP contribution is 2.35. The summed E-state index contributed by atoms with van der Waals surface area (Å²) in [5.74, 6) is 0.570. The summed E-state index contributed by atoms with van der Waals surface area (Å²) in [6, 6.07) is 9.31. The lowest BCUT2D eigenvalue weighted by atomic mass is 9.99. The van der Waals surface area contributed by atoms with E-state index in [1.54, 1.807) is 12.3 Å². The van der Waals surface area contributed by atoms with Crippen LogP contribution >= 0.6 is 0 Å². The molecule has 1 N–H and O–H groups in total. The third-order valence-electron chi connectivity index (χ3n) is 2.92. The van der Waals surface area contributed by atoms with E-state index in [0.29, 0.717) is 5.88 Å². The van der Waals surface area contributed by atoms with Gasteiger partial charge in [-0.05, 0) is 23.3 Å². The number of aliphatic carboxylic acids is 1. The molecule has 0 saturated carbocycles. The number of aromatic nitrogens is 1. The maximum absolute atomic E-state index is 10.7. The van der Waals surface area contributed by atoms with Gasteiger partial charge >= 0.3 is 5.97 Å². The second-order valence-corrected chi connectivity index (χ2v) is 4.26. The summed E-state index contributed by atoms with van der Waals surface area (Å²) in [5, 5.41) is 8.79. The summed E-state index contributed by atoms with van der Waals surface area (Å²) in [6.07, 6.45) is 2.46. The number of hydrogen-bond acceptors (Lipinski definition) is 3. The van der Waals surface area contributed by atoms with Gasteiger partial charge in [-0.3, -0.25) is 4.79 Å². The Labute approximate surface area is 111 Å². The van der Waals surface area contributed by atoms with Gasteiger partial charge in [-0.1, -0.05) is 25.6 Å². The van der Waals surface area contributed by atoms with Gasteiger partial charge in [0.2, 0.25) is 5.88 Å². The van der Waals surface area contributed by atoms with Crippen LogP contribution in [0.2, 0.25) is 0 Å². The van der Waals surface area contributed by atoms with Crippen LogP contribution in [-0.2, 0) is 17.6 Å². The lowest BCUT2D eigenvalue weighted by molar-refractivity contribution is -0.136. The first-order chi connectivity index (χ1) is 8.72. The van der Waals surface area contributed by atoms with E-state index in [4.69, 9.17) is 9.84 Å². The van der Waals surface area contributed by atoms with E-state index in [9.17, 15) is 4.79 Å². The van der Waals surface area contributed by atoms with Gasteiger partial charge in [0, 0.05) is 18.2 Å². The number of hydrogen-bond donors (Lipinski definition) is 1. The highest BCUT2D eigenvalue weighted by atomic mass is 16.5. The Kier molecular flexibility index (Phi) is 3.51. The number of carboxylic acid groups (broad SMARTS) is 1.